The zero-order chi connectivity index (χ0) is 21.6. The van der Waals surface area contributed by atoms with Crippen molar-refractivity contribution < 1.29 is 19.0 Å². The molecule has 0 saturated carbocycles. The Balaban J connectivity index is 1.45. The van der Waals surface area contributed by atoms with E-state index in [1.165, 1.54) is 0 Å². The monoisotopic (exact) mass is 422 g/mol. The summed E-state index contributed by atoms with van der Waals surface area (Å²) in [5.41, 5.74) is 3.05. The molecule has 1 fully saturated rings. The Morgan fingerprint density at radius 3 is 2.58 bits per heavy atom. The van der Waals surface area contributed by atoms with Crippen LogP contribution in [0.15, 0.2) is 48.7 Å². The van der Waals surface area contributed by atoms with Crippen LogP contribution in [0.1, 0.15) is 28.8 Å². The molecule has 6 heteroatoms. The fraction of sp³-hybridized carbons (Fsp3) is 0.400. The summed E-state index contributed by atoms with van der Waals surface area (Å²) in [7, 11) is 3.34. The summed E-state index contributed by atoms with van der Waals surface area (Å²) in [6.07, 6.45) is 4.96. The van der Waals surface area contributed by atoms with Crippen molar-refractivity contribution in [3.8, 4) is 11.5 Å². The molecule has 1 saturated heterocycles. The normalized spacial score (nSPS) is 14.1. The molecule has 3 aromatic rings. The molecular formula is C25H30N2O4. The second kappa shape index (κ2) is 9.88. The van der Waals surface area contributed by atoms with Crippen LogP contribution in [0.25, 0.3) is 10.9 Å². The van der Waals surface area contributed by atoms with Crippen LogP contribution in [-0.2, 0) is 17.7 Å². The molecule has 1 aliphatic heterocycles. The van der Waals surface area contributed by atoms with Gasteiger partial charge in [-0.3, -0.25) is 4.79 Å². The van der Waals surface area contributed by atoms with E-state index in [-0.39, 0.29) is 5.91 Å². The number of benzene rings is 2. The third kappa shape index (κ3) is 4.54. The van der Waals surface area contributed by atoms with Gasteiger partial charge in [-0.1, -0.05) is 30.3 Å². The summed E-state index contributed by atoms with van der Waals surface area (Å²) >= 11 is 0. The molecular weight excluding hydrogens is 392 g/mol. The Morgan fingerprint density at radius 2 is 1.81 bits per heavy atom. The largest absolute Gasteiger partial charge is 0.493 e. The van der Waals surface area contributed by atoms with E-state index in [2.05, 4.69) is 16.7 Å². The summed E-state index contributed by atoms with van der Waals surface area (Å²) in [5, 5.41) is 1.02. The van der Waals surface area contributed by atoms with Crippen LogP contribution < -0.4 is 9.47 Å². The lowest BCUT2D eigenvalue weighted by Gasteiger charge is -2.26. The Hall–Kier alpha value is -2.99. The Labute approximate surface area is 183 Å². The average molecular weight is 423 g/mol. The van der Waals surface area contributed by atoms with Gasteiger partial charge in [0, 0.05) is 36.7 Å². The highest BCUT2D eigenvalue weighted by atomic mass is 16.5. The Kier molecular flexibility index (Phi) is 6.77. The van der Waals surface area contributed by atoms with Crippen molar-refractivity contribution >= 4 is 16.8 Å². The third-order valence-electron chi connectivity index (χ3n) is 5.90. The van der Waals surface area contributed by atoms with Crippen molar-refractivity contribution in [3.63, 3.8) is 0 Å². The highest BCUT2D eigenvalue weighted by Crippen LogP contribution is 2.31. The first kappa shape index (κ1) is 21.2. The maximum Gasteiger partial charge on any atom is 0.256 e. The van der Waals surface area contributed by atoms with Gasteiger partial charge in [0.15, 0.2) is 11.5 Å². The van der Waals surface area contributed by atoms with Crippen LogP contribution in [-0.4, -0.2) is 55.9 Å². The molecule has 0 bridgehead atoms. The number of ether oxygens (including phenoxy) is 3. The maximum atomic E-state index is 13.1. The second-order valence-electron chi connectivity index (χ2n) is 7.77. The van der Waals surface area contributed by atoms with Crippen molar-refractivity contribution in [2.45, 2.75) is 25.8 Å². The number of aryl methyl sites for hydroxylation is 2. The van der Waals surface area contributed by atoms with E-state index in [9.17, 15) is 4.79 Å². The molecule has 2 heterocycles. The predicted octanol–water partition coefficient (Wildman–Crippen LogP) is 4.15. The van der Waals surface area contributed by atoms with Gasteiger partial charge >= 0.3 is 0 Å². The number of hydrogen-bond acceptors (Lipinski definition) is 4. The number of hydrogen-bond donors (Lipinski definition) is 0. The number of aromatic nitrogens is 1. The molecule has 0 N–H and O–H groups in total. The molecule has 0 radical (unpaired) electrons. The van der Waals surface area contributed by atoms with Crippen LogP contribution >= 0.6 is 0 Å². The lowest BCUT2D eigenvalue weighted by atomic mass is 10.1. The lowest BCUT2D eigenvalue weighted by Crippen LogP contribution is -2.40. The van der Waals surface area contributed by atoms with Crippen molar-refractivity contribution in [2.75, 3.05) is 40.5 Å². The lowest BCUT2D eigenvalue weighted by molar-refractivity contribution is 0.0304. The number of methoxy groups -OCH3 is 2. The smallest absolute Gasteiger partial charge is 0.256 e. The zero-order valence-corrected chi connectivity index (χ0v) is 18.3. The molecule has 1 aromatic heterocycles. The highest BCUT2D eigenvalue weighted by molar-refractivity contribution is 6.07. The van der Waals surface area contributed by atoms with Gasteiger partial charge in [-0.15, -0.1) is 0 Å². The molecule has 164 valence electrons. The molecule has 1 aliphatic rings. The van der Waals surface area contributed by atoms with Crippen molar-refractivity contribution in [1.29, 1.82) is 0 Å². The van der Waals surface area contributed by atoms with Crippen molar-refractivity contribution in [2.24, 2.45) is 0 Å². The van der Waals surface area contributed by atoms with Gasteiger partial charge in [0.05, 0.1) is 33.0 Å². The number of fused-ring (bicyclic) bond motifs is 1. The van der Waals surface area contributed by atoms with Crippen LogP contribution in [0.3, 0.4) is 0 Å². The molecule has 6 nitrogen and oxygen atoms in total. The summed E-state index contributed by atoms with van der Waals surface area (Å²) in [6.45, 7) is 3.39. The summed E-state index contributed by atoms with van der Waals surface area (Å²) in [6, 6.07) is 14.2. The van der Waals surface area contributed by atoms with Gasteiger partial charge in [-0.2, -0.15) is 0 Å². The summed E-state index contributed by atoms with van der Waals surface area (Å²) < 4.78 is 18.6. The summed E-state index contributed by atoms with van der Waals surface area (Å²) in [4.78, 5) is 15.0. The van der Waals surface area contributed by atoms with E-state index in [0.29, 0.717) is 26.3 Å². The van der Waals surface area contributed by atoms with Gasteiger partial charge in [0.25, 0.3) is 5.91 Å². The standard InChI is InChI=1S/C25H30N2O4/c1-29-23-12-7-9-19(24(23)30-2)8-5-6-13-27-18-21(20-10-3-4-11-22(20)27)25(28)26-14-16-31-17-15-26/h3-4,7,9-12,18H,5-6,8,13-17H2,1-2H3. The minimum absolute atomic E-state index is 0.0966. The number of para-hydroxylation sites is 2. The van der Waals surface area contributed by atoms with E-state index < -0.39 is 0 Å². The fourth-order valence-electron chi connectivity index (χ4n) is 4.29. The summed E-state index contributed by atoms with van der Waals surface area (Å²) in [5.74, 6) is 1.68. The first-order chi connectivity index (χ1) is 15.2. The number of unbranched alkanes of at least 4 members (excludes halogenated alkanes) is 1. The van der Waals surface area contributed by atoms with Gasteiger partial charge in [-0.05, 0) is 37.0 Å². The van der Waals surface area contributed by atoms with Crippen molar-refractivity contribution in [1.82, 2.24) is 9.47 Å². The maximum absolute atomic E-state index is 13.1. The molecule has 0 atom stereocenters. The topological polar surface area (TPSA) is 52.9 Å². The molecule has 0 unspecified atom stereocenters. The fourth-order valence-corrected chi connectivity index (χ4v) is 4.29. The molecule has 0 aliphatic carbocycles. The highest BCUT2D eigenvalue weighted by Gasteiger charge is 2.22. The molecule has 1 amide bonds. The van der Waals surface area contributed by atoms with Crippen molar-refractivity contribution in [3.05, 3.63) is 59.8 Å². The predicted molar refractivity (Wildman–Crippen MR) is 121 cm³/mol. The zero-order valence-electron chi connectivity index (χ0n) is 18.3. The molecule has 31 heavy (non-hydrogen) atoms. The number of morpholine rings is 1. The first-order valence-electron chi connectivity index (χ1n) is 10.9. The van der Waals surface area contributed by atoms with E-state index in [4.69, 9.17) is 14.2 Å². The van der Waals surface area contributed by atoms with Crippen LogP contribution in [0.2, 0.25) is 0 Å². The number of nitrogens with zero attached hydrogens (tertiary/aromatic N) is 2. The van der Waals surface area contributed by atoms with E-state index in [1.54, 1.807) is 14.2 Å². The SMILES string of the molecule is COc1cccc(CCCCn2cc(C(=O)N3CCOCC3)c3ccccc32)c1OC. The number of amides is 1. The molecule has 4 rings (SSSR count). The first-order valence-corrected chi connectivity index (χ1v) is 10.9. The van der Waals surface area contributed by atoms with E-state index >= 15 is 0 Å². The second-order valence-corrected chi connectivity index (χ2v) is 7.77. The average Bonchev–Trinajstić information content (AvgIpc) is 3.20. The number of rotatable bonds is 8. The quantitative estimate of drug-likeness (QED) is 0.512. The third-order valence-corrected chi connectivity index (χ3v) is 5.90. The minimum atomic E-state index is 0.0966. The molecule has 0 spiro atoms. The van der Waals surface area contributed by atoms with Gasteiger partial charge in [0.1, 0.15) is 0 Å². The Bertz CT molecular complexity index is 1040. The number of carbonyl (C=O) groups is 1. The van der Waals surface area contributed by atoms with Gasteiger partial charge in [0.2, 0.25) is 0 Å². The number of carbonyl (C=O) groups excluding carboxylic acids is 1. The molecule has 2 aromatic carbocycles. The Morgan fingerprint density at radius 1 is 1.00 bits per heavy atom. The van der Waals surface area contributed by atoms with Gasteiger partial charge < -0.3 is 23.7 Å². The van der Waals surface area contributed by atoms with E-state index in [0.717, 1.165) is 59.3 Å². The minimum Gasteiger partial charge on any atom is -0.493 e. The van der Waals surface area contributed by atoms with E-state index in [1.807, 2.05) is 41.4 Å². The van der Waals surface area contributed by atoms with Crippen LogP contribution in [0.4, 0.5) is 0 Å². The van der Waals surface area contributed by atoms with Crippen LogP contribution in [0, 0.1) is 0 Å². The van der Waals surface area contributed by atoms with Crippen LogP contribution in [0.5, 0.6) is 11.5 Å². The van der Waals surface area contributed by atoms with Gasteiger partial charge in [-0.25, -0.2) is 0 Å².